The zero-order valence-electron chi connectivity index (χ0n) is 22.8. The molecule has 204 valence electrons. The molecule has 39 heavy (non-hydrogen) atoms. The molecule has 1 saturated heterocycles. The summed E-state index contributed by atoms with van der Waals surface area (Å²) in [5.74, 6) is -0.174. The highest BCUT2D eigenvalue weighted by atomic mass is 79.9. The molecule has 0 bridgehead atoms. The molecular weight excluding hydrogens is 554 g/mol. The Kier molecular flexibility index (Phi) is 8.35. The average Bonchev–Trinajstić information content (AvgIpc) is 3.46. The quantitative estimate of drug-likeness (QED) is 0.274. The maximum absolute atomic E-state index is 13.8. The molecule has 3 aromatic rings. The number of likely N-dealkylation sites (N-methyl/N-ethyl adjacent to an activating group) is 1. The zero-order chi connectivity index (χ0) is 27.5. The number of benzene rings is 2. The Morgan fingerprint density at radius 2 is 1.82 bits per heavy atom. The molecule has 2 aliphatic rings. The molecule has 1 aromatic heterocycles. The topological polar surface area (TPSA) is 69.6 Å². The second-order valence-corrected chi connectivity index (χ2v) is 11.6. The van der Waals surface area contributed by atoms with Gasteiger partial charge in [-0.3, -0.25) is 9.59 Å². The molecule has 8 heteroatoms. The van der Waals surface area contributed by atoms with Gasteiger partial charge < -0.3 is 25.0 Å². The van der Waals surface area contributed by atoms with Gasteiger partial charge in [-0.2, -0.15) is 0 Å². The number of halogens is 1. The lowest BCUT2D eigenvalue weighted by Crippen LogP contribution is -2.45. The van der Waals surface area contributed by atoms with Crippen LogP contribution in [0.15, 0.2) is 59.2 Å². The highest BCUT2D eigenvalue weighted by molar-refractivity contribution is 9.10. The molecular formula is C31H36BrN5O2. The summed E-state index contributed by atoms with van der Waals surface area (Å²) < 4.78 is 2.87. The molecule has 0 atom stereocenters. The number of amides is 2. The van der Waals surface area contributed by atoms with Gasteiger partial charge >= 0.3 is 0 Å². The van der Waals surface area contributed by atoms with Gasteiger partial charge in [0.05, 0.1) is 11.1 Å². The Balaban J connectivity index is 1.46. The average molecular weight is 591 g/mol. The monoisotopic (exact) mass is 589 g/mol. The fraction of sp³-hybridized carbons (Fsp3) is 0.355. The third-order valence-electron chi connectivity index (χ3n) is 7.50. The van der Waals surface area contributed by atoms with E-state index in [1.54, 1.807) is 0 Å². The summed E-state index contributed by atoms with van der Waals surface area (Å²) in [7, 11) is 2.16. The summed E-state index contributed by atoms with van der Waals surface area (Å²) in [6.45, 7) is 10.1. The molecule has 0 radical (unpaired) electrons. The van der Waals surface area contributed by atoms with E-state index in [1.165, 1.54) is 0 Å². The number of piperazine rings is 1. The van der Waals surface area contributed by atoms with E-state index >= 15 is 0 Å². The SMILES string of the molecule is CC(C)c1c(C(=O)NCCCN2CCN(C)CC2)c(-c2ccccc2)cn1/C=C1\C(=O)Nc2ccc(Br)cc21. The summed E-state index contributed by atoms with van der Waals surface area (Å²) >= 11 is 3.53. The van der Waals surface area contributed by atoms with Crippen molar-refractivity contribution in [1.29, 1.82) is 0 Å². The van der Waals surface area contributed by atoms with Crippen molar-refractivity contribution in [2.45, 2.75) is 26.2 Å². The van der Waals surface area contributed by atoms with Crippen molar-refractivity contribution in [3.05, 3.63) is 76.0 Å². The van der Waals surface area contributed by atoms with Crippen LogP contribution in [0.5, 0.6) is 0 Å². The number of fused-ring (bicyclic) bond motifs is 1. The number of carbonyl (C=O) groups is 2. The molecule has 7 nitrogen and oxygen atoms in total. The van der Waals surface area contributed by atoms with Crippen LogP contribution in [0, 0.1) is 0 Å². The van der Waals surface area contributed by atoms with Crippen molar-refractivity contribution in [3.8, 4) is 11.1 Å². The van der Waals surface area contributed by atoms with Gasteiger partial charge in [0.2, 0.25) is 0 Å². The number of nitrogens with zero attached hydrogens (tertiary/aromatic N) is 3. The lowest BCUT2D eigenvalue weighted by atomic mass is 9.98. The van der Waals surface area contributed by atoms with Gasteiger partial charge in [0, 0.05) is 72.1 Å². The van der Waals surface area contributed by atoms with Crippen LogP contribution in [-0.2, 0) is 4.79 Å². The van der Waals surface area contributed by atoms with E-state index in [1.807, 2.05) is 65.5 Å². The second-order valence-electron chi connectivity index (χ2n) is 10.7. The molecule has 2 aromatic carbocycles. The van der Waals surface area contributed by atoms with Crippen molar-refractivity contribution in [1.82, 2.24) is 19.7 Å². The smallest absolute Gasteiger partial charge is 0.257 e. The van der Waals surface area contributed by atoms with Crippen LogP contribution in [0.1, 0.15) is 47.8 Å². The Bertz CT molecular complexity index is 1390. The van der Waals surface area contributed by atoms with Crippen LogP contribution in [0.2, 0.25) is 0 Å². The van der Waals surface area contributed by atoms with E-state index in [-0.39, 0.29) is 17.7 Å². The van der Waals surface area contributed by atoms with E-state index < -0.39 is 0 Å². The summed E-state index contributed by atoms with van der Waals surface area (Å²) in [4.78, 5) is 31.5. The Morgan fingerprint density at radius 3 is 2.54 bits per heavy atom. The first-order chi connectivity index (χ1) is 18.8. The minimum absolute atomic E-state index is 0.0526. The number of hydrogen-bond donors (Lipinski definition) is 2. The third kappa shape index (κ3) is 6.03. The second kappa shape index (κ2) is 11.9. The van der Waals surface area contributed by atoms with Gasteiger partial charge in [0.15, 0.2) is 0 Å². The van der Waals surface area contributed by atoms with Crippen LogP contribution < -0.4 is 10.6 Å². The van der Waals surface area contributed by atoms with Crippen molar-refractivity contribution >= 4 is 45.2 Å². The molecule has 0 spiro atoms. The van der Waals surface area contributed by atoms with Gasteiger partial charge in [-0.15, -0.1) is 0 Å². The van der Waals surface area contributed by atoms with Crippen LogP contribution in [0.4, 0.5) is 5.69 Å². The highest BCUT2D eigenvalue weighted by Gasteiger charge is 2.28. The fourth-order valence-electron chi connectivity index (χ4n) is 5.40. The fourth-order valence-corrected chi connectivity index (χ4v) is 5.76. The molecule has 0 saturated carbocycles. The van der Waals surface area contributed by atoms with Gasteiger partial charge in [-0.1, -0.05) is 60.1 Å². The van der Waals surface area contributed by atoms with E-state index in [9.17, 15) is 9.59 Å². The standard InChI is InChI=1S/C31H36BrN5O2/c1-21(2)29-28(31(39)33-12-7-13-36-16-14-35(3)15-17-36)25(22-8-5-4-6-9-22)19-37(29)20-26-24-18-23(32)10-11-27(24)34-30(26)38/h4-6,8-11,18-21H,7,12-17H2,1-3H3,(H,33,39)(H,34,38)/b26-20-. The highest BCUT2D eigenvalue weighted by Crippen LogP contribution is 2.37. The van der Waals surface area contributed by atoms with E-state index in [0.29, 0.717) is 17.7 Å². The molecule has 3 heterocycles. The third-order valence-corrected chi connectivity index (χ3v) is 7.99. The number of rotatable bonds is 8. The Labute approximate surface area is 239 Å². The Morgan fingerprint density at radius 1 is 1.08 bits per heavy atom. The van der Waals surface area contributed by atoms with Crippen LogP contribution >= 0.6 is 15.9 Å². The van der Waals surface area contributed by atoms with Gasteiger partial charge in [0.25, 0.3) is 11.8 Å². The number of hydrogen-bond acceptors (Lipinski definition) is 4. The van der Waals surface area contributed by atoms with Gasteiger partial charge in [-0.25, -0.2) is 0 Å². The van der Waals surface area contributed by atoms with Crippen LogP contribution in [0.3, 0.4) is 0 Å². The molecule has 5 rings (SSSR count). The first-order valence-corrected chi connectivity index (χ1v) is 14.4. The van der Waals surface area contributed by atoms with E-state index in [4.69, 9.17) is 0 Å². The summed E-state index contributed by atoms with van der Waals surface area (Å²) in [6, 6.07) is 15.7. The lowest BCUT2D eigenvalue weighted by molar-refractivity contribution is -0.110. The Hall–Kier alpha value is -3.20. The van der Waals surface area contributed by atoms with Gasteiger partial charge in [-0.05, 0) is 49.7 Å². The molecule has 2 N–H and O–H groups in total. The molecule has 2 amide bonds. The van der Waals surface area contributed by atoms with E-state index in [0.717, 1.165) is 71.7 Å². The summed E-state index contributed by atoms with van der Waals surface area (Å²) in [6.07, 6.45) is 4.75. The van der Waals surface area contributed by atoms with Crippen LogP contribution in [0.25, 0.3) is 22.9 Å². The maximum Gasteiger partial charge on any atom is 0.257 e. The lowest BCUT2D eigenvalue weighted by Gasteiger charge is -2.32. The van der Waals surface area contributed by atoms with Crippen molar-refractivity contribution in [2.24, 2.45) is 0 Å². The van der Waals surface area contributed by atoms with Crippen molar-refractivity contribution < 1.29 is 9.59 Å². The number of carbonyl (C=O) groups excluding carboxylic acids is 2. The zero-order valence-corrected chi connectivity index (χ0v) is 24.4. The normalized spacial score (nSPS) is 17.1. The number of nitrogens with one attached hydrogen (secondary N) is 2. The summed E-state index contributed by atoms with van der Waals surface area (Å²) in [5, 5.41) is 6.15. The van der Waals surface area contributed by atoms with E-state index in [2.05, 4.69) is 57.3 Å². The number of anilines is 1. The first kappa shape index (κ1) is 27.4. The van der Waals surface area contributed by atoms with Crippen molar-refractivity contribution in [3.63, 3.8) is 0 Å². The number of aromatic nitrogens is 1. The molecule has 1 fully saturated rings. The largest absolute Gasteiger partial charge is 0.352 e. The minimum atomic E-state index is -0.150. The molecule has 2 aliphatic heterocycles. The van der Waals surface area contributed by atoms with Crippen LogP contribution in [-0.4, -0.2) is 72.5 Å². The molecule has 0 unspecified atom stereocenters. The van der Waals surface area contributed by atoms with Crippen molar-refractivity contribution in [2.75, 3.05) is 51.6 Å². The minimum Gasteiger partial charge on any atom is -0.352 e. The maximum atomic E-state index is 13.8. The molecule has 0 aliphatic carbocycles. The van der Waals surface area contributed by atoms with Gasteiger partial charge in [0.1, 0.15) is 0 Å². The first-order valence-electron chi connectivity index (χ1n) is 13.6. The predicted octanol–water partition coefficient (Wildman–Crippen LogP) is 5.36. The predicted molar refractivity (Wildman–Crippen MR) is 162 cm³/mol. The summed E-state index contributed by atoms with van der Waals surface area (Å²) in [5.41, 5.74) is 5.58.